The molecule has 8 nitrogen and oxygen atoms in total. The van der Waals surface area contributed by atoms with Gasteiger partial charge in [0, 0.05) is 19.6 Å². The maximum absolute atomic E-state index is 12.7. The number of aliphatic hydroxyl groups is 1. The summed E-state index contributed by atoms with van der Waals surface area (Å²) >= 11 is 0. The highest BCUT2D eigenvalue weighted by atomic mass is 16.3. The van der Waals surface area contributed by atoms with Crippen LogP contribution in [-0.4, -0.2) is 60.5 Å². The Morgan fingerprint density at radius 1 is 1.21 bits per heavy atom. The summed E-state index contributed by atoms with van der Waals surface area (Å²) in [4.78, 5) is 36.7. The van der Waals surface area contributed by atoms with Gasteiger partial charge in [0.05, 0.1) is 18.1 Å². The van der Waals surface area contributed by atoms with Crippen molar-refractivity contribution in [1.29, 1.82) is 0 Å². The lowest BCUT2D eigenvalue weighted by Gasteiger charge is -2.31. The largest absolute Gasteiger partial charge is 0.391 e. The third-order valence-corrected chi connectivity index (χ3v) is 5.10. The molecule has 1 aliphatic rings. The Kier molecular flexibility index (Phi) is 8.10. The maximum atomic E-state index is 12.7. The standard InChI is InChI=1S/C20H30N4O4/c1-12(25)17(9-21)23-20(28)18(13(2)26)24-19(27)16-8-15(10-22-11-16)14-6-4-3-5-7-14/h3-7,13,15-18,22,26H,8-11,21H2,1-2H3,(H,23,28)(H,24,27)/t13-,15+,16-,17-,18-/m0/s1. The van der Waals surface area contributed by atoms with Crippen molar-refractivity contribution in [2.45, 2.75) is 44.4 Å². The van der Waals surface area contributed by atoms with Crippen molar-refractivity contribution in [1.82, 2.24) is 16.0 Å². The molecular weight excluding hydrogens is 360 g/mol. The minimum Gasteiger partial charge on any atom is -0.391 e. The zero-order valence-electron chi connectivity index (χ0n) is 16.4. The van der Waals surface area contributed by atoms with E-state index in [1.54, 1.807) is 0 Å². The third kappa shape index (κ3) is 5.85. The zero-order valence-corrected chi connectivity index (χ0v) is 16.4. The molecule has 0 bridgehead atoms. The van der Waals surface area contributed by atoms with Crippen LogP contribution in [0, 0.1) is 5.92 Å². The first-order chi connectivity index (χ1) is 13.3. The highest BCUT2D eigenvalue weighted by Crippen LogP contribution is 2.26. The van der Waals surface area contributed by atoms with Crippen molar-refractivity contribution in [3.05, 3.63) is 35.9 Å². The number of ketones is 1. The number of Topliss-reactive ketones (excluding diaryl/α,β-unsaturated/α-hetero) is 1. The summed E-state index contributed by atoms with van der Waals surface area (Å²) in [5, 5.41) is 18.4. The Labute approximate surface area is 165 Å². The van der Waals surface area contributed by atoms with Crippen molar-refractivity contribution < 1.29 is 19.5 Å². The Morgan fingerprint density at radius 2 is 1.89 bits per heavy atom. The van der Waals surface area contributed by atoms with Crippen molar-refractivity contribution in [3.63, 3.8) is 0 Å². The fraction of sp³-hybridized carbons (Fsp3) is 0.550. The van der Waals surface area contributed by atoms with Crippen LogP contribution in [0.2, 0.25) is 0 Å². The van der Waals surface area contributed by atoms with E-state index in [0.717, 1.165) is 12.1 Å². The quantitative estimate of drug-likeness (QED) is 0.398. The van der Waals surface area contributed by atoms with Crippen LogP contribution in [0.25, 0.3) is 0 Å². The molecule has 1 fully saturated rings. The molecule has 0 radical (unpaired) electrons. The van der Waals surface area contributed by atoms with Gasteiger partial charge in [-0.15, -0.1) is 0 Å². The molecule has 0 aliphatic carbocycles. The predicted molar refractivity (Wildman–Crippen MR) is 105 cm³/mol. The molecule has 2 rings (SSSR count). The van der Waals surface area contributed by atoms with E-state index in [0.29, 0.717) is 13.0 Å². The number of amides is 2. The second-order valence-corrected chi connectivity index (χ2v) is 7.33. The second-order valence-electron chi connectivity index (χ2n) is 7.33. The number of hydrogen-bond acceptors (Lipinski definition) is 6. The van der Waals surface area contributed by atoms with Crippen molar-refractivity contribution in [2.75, 3.05) is 19.6 Å². The lowest BCUT2D eigenvalue weighted by molar-refractivity contribution is -0.135. The zero-order chi connectivity index (χ0) is 20.7. The van der Waals surface area contributed by atoms with Gasteiger partial charge in [-0.05, 0) is 31.7 Å². The number of carbonyl (C=O) groups is 3. The van der Waals surface area contributed by atoms with Crippen LogP contribution in [0.5, 0.6) is 0 Å². The molecule has 5 atom stereocenters. The van der Waals surface area contributed by atoms with Gasteiger partial charge in [-0.25, -0.2) is 0 Å². The van der Waals surface area contributed by atoms with Crippen molar-refractivity contribution >= 4 is 17.6 Å². The van der Waals surface area contributed by atoms with Crippen molar-refractivity contribution in [2.24, 2.45) is 11.7 Å². The summed E-state index contributed by atoms with van der Waals surface area (Å²) in [6.45, 7) is 3.98. The average molecular weight is 390 g/mol. The minimum absolute atomic E-state index is 0.0488. The first-order valence-electron chi connectivity index (χ1n) is 9.58. The van der Waals surface area contributed by atoms with Crippen molar-refractivity contribution in [3.8, 4) is 0 Å². The summed E-state index contributed by atoms with van der Waals surface area (Å²) in [6.07, 6.45) is -0.466. The van der Waals surface area contributed by atoms with Gasteiger partial charge in [0.1, 0.15) is 6.04 Å². The molecule has 0 unspecified atom stereocenters. The summed E-state index contributed by atoms with van der Waals surface area (Å²) in [6, 6.07) is 7.96. The van der Waals surface area contributed by atoms with Crippen LogP contribution in [0.15, 0.2) is 30.3 Å². The molecule has 1 saturated heterocycles. The van der Waals surface area contributed by atoms with Gasteiger partial charge in [-0.3, -0.25) is 14.4 Å². The van der Waals surface area contributed by atoms with Gasteiger partial charge in [0.25, 0.3) is 0 Å². The number of hydrogen-bond donors (Lipinski definition) is 5. The molecule has 0 spiro atoms. The molecule has 8 heteroatoms. The predicted octanol–water partition coefficient (Wildman–Crippen LogP) is -0.722. The molecule has 1 aromatic rings. The number of carbonyl (C=O) groups excluding carboxylic acids is 3. The average Bonchev–Trinajstić information content (AvgIpc) is 2.70. The van der Waals surface area contributed by atoms with Gasteiger partial charge < -0.3 is 26.8 Å². The summed E-state index contributed by atoms with van der Waals surface area (Å²) in [7, 11) is 0. The van der Waals surface area contributed by atoms with E-state index in [1.807, 2.05) is 30.3 Å². The number of aliphatic hydroxyl groups excluding tert-OH is 1. The molecule has 2 amide bonds. The molecule has 1 heterocycles. The fourth-order valence-corrected chi connectivity index (χ4v) is 3.39. The monoisotopic (exact) mass is 390 g/mol. The van der Waals surface area contributed by atoms with E-state index >= 15 is 0 Å². The normalized spacial score (nSPS) is 22.6. The summed E-state index contributed by atoms with van der Waals surface area (Å²) in [5.74, 6) is -1.35. The summed E-state index contributed by atoms with van der Waals surface area (Å²) in [5.41, 5.74) is 6.65. The summed E-state index contributed by atoms with van der Waals surface area (Å²) < 4.78 is 0. The molecule has 28 heavy (non-hydrogen) atoms. The molecule has 0 aromatic heterocycles. The number of nitrogens with one attached hydrogen (secondary N) is 3. The molecule has 1 aromatic carbocycles. The second kappa shape index (κ2) is 10.3. The number of nitrogens with two attached hydrogens (primary N) is 1. The van der Waals surface area contributed by atoms with E-state index in [1.165, 1.54) is 13.8 Å². The molecule has 154 valence electrons. The highest BCUT2D eigenvalue weighted by Gasteiger charge is 2.33. The fourth-order valence-electron chi connectivity index (χ4n) is 3.39. The highest BCUT2D eigenvalue weighted by molar-refractivity contribution is 5.92. The van der Waals surface area contributed by atoms with Crippen LogP contribution in [0.3, 0.4) is 0 Å². The van der Waals surface area contributed by atoms with E-state index in [-0.39, 0.29) is 30.1 Å². The number of benzene rings is 1. The van der Waals surface area contributed by atoms with Crippen LogP contribution in [-0.2, 0) is 14.4 Å². The van der Waals surface area contributed by atoms with E-state index in [9.17, 15) is 19.5 Å². The van der Waals surface area contributed by atoms with Gasteiger partial charge in [0.2, 0.25) is 11.8 Å². The van der Waals surface area contributed by atoms with Gasteiger partial charge in [-0.2, -0.15) is 0 Å². The third-order valence-electron chi connectivity index (χ3n) is 5.10. The topological polar surface area (TPSA) is 134 Å². The van der Waals surface area contributed by atoms with Crippen LogP contribution < -0.4 is 21.7 Å². The van der Waals surface area contributed by atoms with Crippen LogP contribution in [0.1, 0.15) is 31.7 Å². The molecule has 6 N–H and O–H groups in total. The Hall–Kier alpha value is -2.29. The Morgan fingerprint density at radius 3 is 2.46 bits per heavy atom. The molecule has 0 saturated carbocycles. The van der Waals surface area contributed by atoms with Crippen LogP contribution >= 0.6 is 0 Å². The van der Waals surface area contributed by atoms with Gasteiger partial charge in [0.15, 0.2) is 5.78 Å². The molecule has 1 aliphatic heterocycles. The number of piperidine rings is 1. The van der Waals surface area contributed by atoms with Gasteiger partial charge in [-0.1, -0.05) is 30.3 Å². The Bertz CT molecular complexity index is 680. The lowest BCUT2D eigenvalue weighted by Crippen LogP contribution is -2.58. The maximum Gasteiger partial charge on any atom is 0.245 e. The van der Waals surface area contributed by atoms with Crippen LogP contribution in [0.4, 0.5) is 0 Å². The molecular formula is C20H30N4O4. The first-order valence-corrected chi connectivity index (χ1v) is 9.58. The minimum atomic E-state index is -1.15. The number of rotatable bonds is 8. The van der Waals surface area contributed by atoms with E-state index < -0.39 is 24.1 Å². The first kappa shape index (κ1) is 22.0. The lowest BCUT2D eigenvalue weighted by atomic mass is 9.85. The smallest absolute Gasteiger partial charge is 0.245 e. The SMILES string of the molecule is CC(=O)[C@H](CN)NC(=O)[C@@H](NC(=O)[C@@H]1CNC[C@H](c2ccccc2)C1)[C@H](C)O. The van der Waals surface area contributed by atoms with E-state index in [2.05, 4.69) is 16.0 Å². The van der Waals surface area contributed by atoms with E-state index in [4.69, 9.17) is 5.73 Å². The van der Waals surface area contributed by atoms with Gasteiger partial charge >= 0.3 is 0 Å². The Balaban J connectivity index is 2.01.